The SMILES string of the molecule is C=C1C=CC2=C(CC3C=C(C)CC2(N=C/C(C)=C/c2ccccc2)/C3=C/C)N1.C=C1C=CC2=C(CC3C=C(C)CC2(N=C/C=C/c2ccc(N(C)C)cc2)/C3=C/C)N1.C=C1C=CC2=C(CC3C=C(C)CC2(N=C/C=C/c2ccccc2)/C3=C/C)N1. The van der Waals surface area contributed by atoms with Crippen molar-refractivity contribution < 1.29 is 0 Å². The number of allylic oxidation sites excluding steroid dienone is 15. The molecule has 0 radical (unpaired) electrons. The van der Waals surface area contributed by atoms with Gasteiger partial charge in [0.15, 0.2) is 0 Å². The first-order valence-corrected chi connectivity index (χ1v) is 30.3. The number of aliphatic imine (C=N–C) groups is 3. The highest BCUT2D eigenvalue weighted by molar-refractivity contribution is 5.86. The molecule has 7 nitrogen and oxygen atoms in total. The van der Waals surface area contributed by atoms with Crippen molar-refractivity contribution in [3.63, 3.8) is 0 Å². The molecule has 3 heterocycles. The minimum absolute atomic E-state index is 0.308. The molecular weight excluding hydrogens is 1030 g/mol. The molecular formula is C78H85N7. The van der Waals surface area contributed by atoms with Gasteiger partial charge in [0.05, 0.1) is 0 Å². The third kappa shape index (κ3) is 12.5. The maximum Gasteiger partial charge on any atom is 0.112 e. The third-order valence-corrected chi connectivity index (χ3v) is 17.7. The second kappa shape index (κ2) is 25.6. The zero-order chi connectivity index (χ0) is 59.9. The molecule has 6 bridgehead atoms. The summed E-state index contributed by atoms with van der Waals surface area (Å²) in [7, 11) is 4.11. The van der Waals surface area contributed by atoms with Crippen LogP contribution in [0.2, 0.25) is 0 Å². The summed E-state index contributed by atoms with van der Waals surface area (Å²) in [6.07, 6.45) is 49.2. The van der Waals surface area contributed by atoms with Gasteiger partial charge in [-0.25, -0.2) is 0 Å². The Kier molecular flexibility index (Phi) is 17.9. The Labute approximate surface area is 507 Å². The molecule has 0 saturated carbocycles. The molecule has 6 unspecified atom stereocenters. The van der Waals surface area contributed by atoms with Gasteiger partial charge < -0.3 is 20.9 Å². The van der Waals surface area contributed by atoms with Gasteiger partial charge in [-0.3, -0.25) is 15.0 Å². The van der Waals surface area contributed by atoms with E-state index in [2.05, 4.69) is 279 Å². The first-order chi connectivity index (χ1) is 41.1. The summed E-state index contributed by atoms with van der Waals surface area (Å²) in [6.45, 7) is 27.5. The fraction of sp³-hybridized carbons (Fsp3) is 0.269. The van der Waals surface area contributed by atoms with Crippen LogP contribution in [0.3, 0.4) is 0 Å². The summed E-state index contributed by atoms with van der Waals surface area (Å²) < 4.78 is 0. The van der Waals surface area contributed by atoms with Crippen LogP contribution in [0.4, 0.5) is 5.69 Å². The molecule has 3 aromatic carbocycles. The average molecular weight is 1120 g/mol. The van der Waals surface area contributed by atoms with Gasteiger partial charge in [-0.1, -0.05) is 182 Å². The number of hydrogen-bond donors (Lipinski definition) is 3. The Morgan fingerprint density at radius 2 is 0.859 bits per heavy atom. The number of nitrogens with zero attached hydrogens (tertiary/aromatic N) is 4. The highest BCUT2D eigenvalue weighted by atomic mass is 15.1. The summed E-state index contributed by atoms with van der Waals surface area (Å²) in [5, 5.41) is 10.5. The third-order valence-electron chi connectivity index (χ3n) is 17.7. The maximum absolute atomic E-state index is 5.26. The first-order valence-electron chi connectivity index (χ1n) is 30.3. The lowest BCUT2D eigenvalue weighted by atomic mass is 9.62. The van der Waals surface area contributed by atoms with Gasteiger partial charge in [0, 0.05) is 126 Å². The standard InChI is InChI=1S/C27H31N3.C26H28N2.C25H26N2/c1-6-24-22-16-19(2)18-27(24,25-14-9-20(3)29-26(25)17-22)28-15-7-8-21-10-12-23(13-11-21)30(4)5;1-5-23-22-14-18(2)16-26(23,24-12-11-20(4)28-25(24)15-22)27-17-19(3)13-21-9-7-6-8-10-21;1-4-22-21-15-18(2)17-25(22,23-13-12-19(3)27-24(23)16-21)26-14-8-11-20-9-6-5-7-10-20/h6-16,22,29H,3,17-18H2,1-2,4-5H3;5-14,17,22,28H,4,15-16H2,1-3H3;4-15,21,27H,3,16-17H2,1-2H3/b8-7+,24-6+,28-15?;19-13+,23-5+,27-17?;11-8+,22-4+,26-14?. The van der Waals surface area contributed by atoms with Crippen LogP contribution in [-0.4, -0.2) is 49.4 Å². The normalized spacial score (nSPS) is 28.0. The molecule has 0 spiro atoms. The van der Waals surface area contributed by atoms with Gasteiger partial charge in [-0.2, -0.15) is 0 Å². The van der Waals surface area contributed by atoms with Crippen molar-refractivity contribution in [2.45, 2.75) is 104 Å². The molecule has 12 rings (SSSR count). The van der Waals surface area contributed by atoms with E-state index in [9.17, 15) is 0 Å². The van der Waals surface area contributed by atoms with Crippen LogP contribution in [0, 0.1) is 17.8 Å². The summed E-state index contributed by atoms with van der Waals surface area (Å²) in [4.78, 5) is 17.7. The molecule has 0 aromatic heterocycles. The van der Waals surface area contributed by atoms with Gasteiger partial charge in [0.1, 0.15) is 16.6 Å². The Morgan fingerprint density at radius 3 is 1.24 bits per heavy atom. The van der Waals surface area contributed by atoms with Crippen molar-refractivity contribution >= 4 is 42.6 Å². The number of anilines is 1. The van der Waals surface area contributed by atoms with Crippen LogP contribution in [0.5, 0.6) is 0 Å². The second-order valence-corrected chi connectivity index (χ2v) is 24.2. The molecule has 0 amide bonds. The minimum atomic E-state index is -0.324. The lowest BCUT2D eigenvalue weighted by Gasteiger charge is -2.47. The van der Waals surface area contributed by atoms with E-state index in [0.717, 1.165) is 61.2 Å². The molecule has 3 aromatic rings. The van der Waals surface area contributed by atoms with Gasteiger partial charge in [0.25, 0.3) is 0 Å². The van der Waals surface area contributed by atoms with E-state index >= 15 is 0 Å². The van der Waals surface area contributed by atoms with Crippen LogP contribution in [0.25, 0.3) is 18.2 Å². The number of nitrogens with one attached hydrogen (secondary N) is 3. The van der Waals surface area contributed by atoms with Gasteiger partial charge in [-0.05, 0) is 149 Å². The van der Waals surface area contributed by atoms with Crippen LogP contribution < -0.4 is 20.9 Å². The number of fused-ring (bicyclic) bond motifs is 9. The largest absolute Gasteiger partial charge is 0.378 e. The van der Waals surface area contributed by atoms with Crippen LogP contribution in [0.15, 0.2) is 295 Å². The van der Waals surface area contributed by atoms with Crippen molar-refractivity contribution in [2.24, 2.45) is 32.7 Å². The van der Waals surface area contributed by atoms with Gasteiger partial charge >= 0.3 is 0 Å². The lowest BCUT2D eigenvalue weighted by Crippen LogP contribution is -2.44. The predicted octanol–water partition coefficient (Wildman–Crippen LogP) is 17.7. The number of dihydropyridines is 3. The molecule has 6 atom stereocenters. The van der Waals surface area contributed by atoms with Crippen molar-refractivity contribution in [3.05, 3.63) is 296 Å². The molecule has 85 heavy (non-hydrogen) atoms. The Hall–Kier alpha value is -8.81. The van der Waals surface area contributed by atoms with Crippen LogP contribution >= 0.6 is 0 Å². The predicted molar refractivity (Wildman–Crippen MR) is 365 cm³/mol. The van der Waals surface area contributed by atoms with Gasteiger partial charge in [0.2, 0.25) is 0 Å². The Bertz CT molecular complexity index is 3730. The van der Waals surface area contributed by atoms with Crippen LogP contribution in [0.1, 0.15) is 104 Å². The zero-order valence-corrected chi connectivity index (χ0v) is 51.5. The minimum Gasteiger partial charge on any atom is -0.378 e. The van der Waals surface area contributed by atoms with E-state index < -0.39 is 0 Å². The van der Waals surface area contributed by atoms with Crippen molar-refractivity contribution in [3.8, 4) is 0 Å². The summed E-state index contributed by atoms with van der Waals surface area (Å²) >= 11 is 0. The van der Waals surface area contributed by atoms with E-state index in [1.807, 2.05) is 30.6 Å². The van der Waals surface area contributed by atoms with Crippen molar-refractivity contribution in [1.29, 1.82) is 0 Å². The summed E-state index contributed by atoms with van der Waals surface area (Å²) in [6, 6.07) is 29.3. The van der Waals surface area contributed by atoms with Crippen molar-refractivity contribution in [2.75, 3.05) is 19.0 Å². The molecule has 3 N–H and O–H groups in total. The highest BCUT2D eigenvalue weighted by Gasteiger charge is 2.50. The number of hydrogen-bond acceptors (Lipinski definition) is 7. The molecule has 0 saturated heterocycles. The topological polar surface area (TPSA) is 76.4 Å². The lowest BCUT2D eigenvalue weighted by molar-refractivity contribution is 0.453. The summed E-state index contributed by atoms with van der Waals surface area (Å²) in [5.41, 5.74) is 24.0. The zero-order valence-electron chi connectivity index (χ0n) is 51.5. The Morgan fingerprint density at radius 1 is 0.494 bits per heavy atom. The van der Waals surface area contributed by atoms with E-state index in [0.29, 0.717) is 17.8 Å². The molecule has 432 valence electrons. The highest BCUT2D eigenvalue weighted by Crippen LogP contribution is 2.55. The average Bonchev–Trinajstić information content (AvgIpc) is 1.47. The van der Waals surface area contributed by atoms with E-state index in [-0.39, 0.29) is 16.6 Å². The first kappa shape index (κ1) is 59.4. The van der Waals surface area contributed by atoms with Gasteiger partial charge in [-0.15, -0.1) is 0 Å². The molecule has 0 fully saturated rings. The molecule has 6 aliphatic carbocycles. The van der Waals surface area contributed by atoms with E-state index in [1.54, 1.807) is 0 Å². The number of benzene rings is 3. The van der Waals surface area contributed by atoms with E-state index in [4.69, 9.17) is 15.0 Å². The maximum atomic E-state index is 5.26. The fourth-order valence-corrected chi connectivity index (χ4v) is 14.3. The smallest absolute Gasteiger partial charge is 0.112 e. The summed E-state index contributed by atoms with van der Waals surface area (Å²) in [5.74, 6) is 1.21. The molecule has 7 heteroatoms. The van der Waals surface area contributed by atoms with Crippen LogP contribution in [-0.2, 0) is 0 Å². The number of rotatable bonds is 10. The second-order valence-electron chi connectivity index (χ2n) is 24.2. The van der Waals surface area contributed by atoms with E-state index in [1.165, 1.54) is 89.6 Å². The monoisotopic (exact) mass is 1120 g/mol. The molecule has 3 aliphatic heterocycles. The fourth-order valence-electron chi connectivity index (χ4n) is 14.3. The van der Waals surface area contributed by atoms with Crippen molar-refractivity contribution in [1.82, 2.24) is 16.0 Å². The molecule has 9 aliphatic rings. The Balaban J connectivity index is 0.000000142. The quantitative estimate of drug-likeness (QED) is 0.140.